The lowest BCUT2D eigenvalue weighted by Gasteiger charge is -2.31. The summed E-state index contributed by atoms with van der Waals surface area (Å²) in [4.78, 5) is 0. The van der Waals surface area contributed by atoms with Crippen LogP contribution in [0.25, 0.3) is 81.0 Å². The molecule has 0 fully saturated rings. The van der Waals surface area contributed by atoms with Crippen molar-refractivity contribution in [3.63, 3.8) is 0 Å². The van der Waals surface area contributed by atoms with Gasteiger partial charge in [0, 0.05) is 42.2 Å². The number of hydrogen-bond acceptors (Lipinski definition) is 1. The van der Waals surface area contributed by atoms with Gasteiger partial charge in [0.1, 0.15) is 0 Å². The summed E-state index contributed by atoms with van der Waals surface area (Å²) >= 11 is 1.91. The van der Waals surface area contributed by atoms with Crippen LogP contribution >= 0.6 is 11.3 Å². The number of hydrogen-bond donors (Lipinski definition) is 0. The first-order valence-corrected chi connectivity index (χ1v) is 21.0. The van der Waals surface area contributed by atoms with Gasteiger partial charge in [0.25, 0.3) is 0 Å². The van der Waals surface area contributed by atoms with Crippen LogP contribution in [0.1, 0.15) is 11.1 Å². The smallest absolute Gasteiger partial charge is 0.243 e. The second-order valence-electron chi connectivity index (χ2n) is 15.5. The molecule has 2 aromatic heterocycles. The Hall–Kier alpha value is -6.94. The molecular formula is C55H36BNS. The fourth-order valence-electron chi connectivity index (χ4n) is 9.90. The van der Waals surface area contributed by atoms with Gasteiger partial charge in [-0.05, 0) is 75.7 Å². The fraction of sp³-hybridized carbons (Fsp3) is 0.0182. The molecule has 1 aliphatic rings. The molecule has 0 saturated carbocycles. The van der Waals surface area contributed by atoms with E-state index < -0.39 is 0 Å². The molecule has 0 amide bonds. The lowest BCUT2D eigenvalue weighted by Crippen LogP contribution is -2.58. The van der Waals surface area contributed by atoms with Crippen LogP contribution in [0.4, 0.5) is 0 Å². The molecule has 58 heavy (non-hydrogen) atoms. The van der Waals surface area contributed by atoms with E-state index in [2.05, 4.69) is 211 Å². The molecule has 3 heterocycles. The molecule has 0 bridgehead atoms. The maximum Gasteiger partial charge on any atom is 0.243 e. The van der Waals surface area contributed by atoms with Gasteiger partial charge in [-0.15, -0.1) is 11.3 Å². The van der Waals surface area contributed by atoms with E-state index in [9.17, 15) is 0 Å². The van der Waals surface area contributed by atoms with Crippen molar-refractivity contribution in [3.8, 4) is 39.1 Å². The lowest BCUT2D eigenvalue weighted by atomic mass is 9.32. The van der Waals surface area contributed by atoms with Crippen LogP contribution in [0.3, 0.4) is 0 Å². The summed E-state index contributed by atoms with van der Waals surface area (Å²) in [6.07, 6.45) is 0.946. The number of nitrogens with zero attached hydrogens (tertiary/aromatic N) is 1. The number of rotatable bonds is 5. The first kappa shape index (κ1) is 33.2. The Labute approximate surface area is 342 Å². The predicted molar refractivity (Wildman–Crippen MR) is 250 cm³/mol. The molecule has 270 valence electrons. The highest BCUT2D eigenvalue weighted by Gasteiger charge is 2.35. The molecule has 0 atom stereocenters. The molecule has 12 rings (SSSR count). The quantitative estimate of drug-likeness (QED) is 0.154. The van der Waals surface area contributed by atoms with Crippen LogP contribution < -0.4 is 16.4 Å². The normalized spacial score (nSPS) is 12.4. The molecule has 0 radical (unpaired) electrons. The highest BCUT2D eigenvalue weighted by Crippen LogP contribution is 2.44. The third-order valence-corrected chi connectivity index (χ3v) is 13.6. The zero-order chi connectivity index (χ0) is 38.2. The van der Waals surface area contributed by atoms with E-state index in [4.69, 9.17) is 0 Å². The van der Waals surface area contributed by atoms with E-state index in [1.165, 1.54) is 109 Å². The topological polar surface area (TPSA) is 4.93 Å². The SMILES string of the molecule is c1ccc(-c2ccc(-c3cccc4c3sc3ccc(-n5c6ccccc6c6ccccc65)cc34)c(-c3ccccc3)c2B2c3ccccc3Cc3ccccc32)cc1. The number of thiophene rings is 1. The zero-order valence-electron chi connectivity index (χ0n) is 31.8. The van der Waals surface area contributed by atoms with Crippen molar-refractivity contribution in [2.24, 2.45) is 0 Å². The Kier molecular flexibility index (Phi) is 7.64. The standard InChI is InChI=1S/C55H36BNS/c1-3-16-36(17-4-1)41-31-32-44(53(37-18-5-2-6-19-37)54(41)56-48-26-11-7-20-38(48)34-39-21-8-12-27-49(39)56)45-24-15-25-46-47-35-40(30-33-52(47)58-55(45)46)57-50-28-13-9-22-42(50)43-23-10-14-29-51(43)57/h1-33,35H,34H2. The first-order chi connectivity index (χ1) is 28.8. The Balaban J connectivity index is 1.15. The zero-order valence-corrected chi connectivity index (χ0v) is 32.6. The van der Waals surface area contributed by atoms with Gasteiger partial charge in [0.2, 0.25) is 6.71 Å². The van der Waals surface area contributed by atoms with E-state index in [0.717, 1.165) is 6.42 Å². The van der Waals surface area contributed by atoms with Crippen molar-refractivity contribution >= 4 is 76.4 Å². The maximum atomic E-state index is 2.43. The molecule has 3 heteroatoms. The summed E-state index contributed by atoms with van der Waals surface area (Å²) in [5, 5.41) is 5.14. The number of para-hydroxylation sites is 2. The van der Waals surface area contributed by atoms with Crippen molar-refractivity contribution in [2.45, 2.75) is 6.42 Å². The largest absolute Gasteiger partial charge is 0.309 e. The van der Waals surface area contributed by atoms with Crippen LogP contribution in [-0.2, 0) is 6.42 Å². The molecule has 0 aliphatic carbocycles. The van der Waals surface area contributed by atoms with Crippen molar-refractivity contribution < 1.29 is 0 Å². The minimum Gasteiger partial charge on any atom is -0.309 e. The second-order valence-corrected chi connectivity index (χ2v) is 16.6. The van der Waals surface area contributed by atoms with Gasteiger partial charge in [-0.2, -0.15) is 0 Å². The summed E-state index contributed by atoms with van der Waals surface area (Å²) in [6, 6.07) is 76.7. The third kappa shape index (κ3) is 5.10. The van der Waals surface area contributed by atoms with Gasteiger partial charge in [-0.25, -0.2) is 0 Å². The van der Waals surface area contributed by atoms with Crippen LogP contribution in [0, 0.1) is 0 Å². The Morgan fingerprint density at radius 2 is 0.983 bits per heavy atom. The molecule has 9 aromatic carbocycles. The molecular weight excluding hydrogens is 717 g/mol. The minimum atomic E-state index is 0.0573. The van der Waals surface area contributed by atoms with Crippen LogP contribution in [-0.4, -0.2) is 11.3 Å². The molecule has 1 aliphatic heterocycles. The van der Waals surface area contributed by atoms with Gasteiger partial charge in [0.15, 0.2) is 0 Å². The highest BCUT2D eigenvalue weighted by atomic mass is 32.1. The third-order valence-electron chi connectivity index (χ3n) is 12.4. The van der Waals surface area contributed by atoms with Gasteiger partial charge >= 0.3 is 0 Å². The number of fused-ring (bicyclic) bond motifs is 8. The minimum absolute atomic E-state index is 0.0573. The van der Waals surface area contributed by atoms with Crippen LogP contribution in [0.15, 0.2) is 206 Å². The fourth-order valence-corrected chi connectivity index (χ4v) is 11.1. The summed E-state index contributed by atoms with van der Waals surface area (Å²) in [7, 11) is 0. The van der Waals surface area contributed by atoms with E-state index in [-0.39, 0.29) is 6.71 Å². The molecule has 0 saturated heterocycles. The number of aromatic nitrogens is 1. The van der Waals surface area contributed by atoms with E-state index in [1.807, 2.05) is 11.3 Å². The van der Waals surface area contributed by atoms with Gasteiger partial charge in [-0.1, -0.05) is 192 Å². The summed E-state index contributed by atoms with van der Waals surface area (Å²) < 4.78 is 5.04. The first-order valence-electron chi connectivity index (χ1n) is 20.2. The van der Waals surface area contributed by atoms with E-state index in [1.54, 1.807) is 0 Å². The van der Waals surface area contributed by atoms with Gasteiger partial charge < -0.3 is 4.57 Å². The van der Waals surface area contributed by atoms with Crippen molar-refractivity contribution in [2.75, 3.05) is 0 Å². The Bertz CT molecular complexity index is 3280. The monoisotopic (exact) mass is 753 g/mol. The average molecular weight is 754 g/mol. The highest BCUT2D eigenvalue weighted by molar-refractivity contribution is 7.26. The van der Waals surface area contributed by atoms with Gasteiger partial charge in [0.05, 0.1) is 11.0 Å². The molecule has 0 unspecified atom stereocenters. The van der Waals surface area contributed by atoms with E-state index >= 15 is 0 Å². The van der Waals surface area contributed by atoms with Crippen LogP contribution in [0.2, 0.25) is 0 Å². The molecule has 1 nitrogen and oxygen atoms in total. The Morgan fingerprint density at radius 3 is 1.67 bits per heavy atom. The number of benzene rings is 9. The predicted octanol–water partition coefficient (Wildman–Crippen LogP) is 12.6. The summed E-state index contributed by atoms with van der Waals surface area (Å²) in [5.74, 6) is 0. The van der Waals surface area contributed by atoms with Gasteiger partial charge in [-0.3, -0.25) is 0 Å². The molecule has 11 aromatic rings. The van der Waals surface area contributed by atoms with E-state index in [0.29, 0.717) is 0 Å². The maximum absolute atomic E-state index is 2.43. The van der Waals surface area contributed by atoms with Crippen molar-refractivity contribution in [1.82, 2.24) is 4.57 Å². The van der Waals surface area contributed by atoms with Crippen molar-refractivity contribution in [1.29, 1.82) is 0 Å². The average Bonchev–Trinajstić information content (AvgIpc) is 3.84. The van der Waals surface area contributed by atoms with Crippen LogP contribution in [0.5, 0.6) is 0 Å². The summed E-state index contributed by atoms with van der Waals surface area (Å²) in [6.45, 7) is 0.0573. The molecule has 0 spiro atoms. The van der Waals surface area contributed by atoms with Crippen molar-refractivity contribution in [3.05, 3.63) is 217 Å². The Morgan fingerprint density at radius 1 is 0.414 bits per heavy atom. The summed E-state index contributed by atoms with van der Waals surface area (Å²) in [5.41, 5.74) is 18.2. The molecule has 0 N–H and O–H groups in total. The second kappa shape index (κ2) is 13.3. The lowest BCUT2D eigenvalue weighted by molar-refractivity contribution is 1.19.